The summed E-state index contributed by atoms with van der Waals surface area (Å²) in [5.74, 6) is 0.362. The van der Waals surface area contributed by atoms with Crippen LogP contribution in [0.15, 0.2) is 24.3 Å². The first-order chi connectivity index (χ1) is 10.4. The van der Waals surface area contributed by atoms with Gasteiger partial charge in [-0.15, -0.1) is 0 Å². The molecule has 1 rings (SSSR count). The topological polar surface area (TPSA) is 65.1 Å². The van der Waals surface area contributed by atoms with Crippen molar-refractivity contribution in [1.82, 2.24) is 4.90 Å². The molecule has 0 aliphatic carbocycles. The van der Waals surface area contributed by atoms with Crippen LogP contribution in [0.4, 0.5) is 0 Å². The van der Waals surface area contributed by atoms with Gasteiger partial charge in [0.25, 0.3) is 5.91 Å². The van der Waals surface area contributed by atoms with Crippen molar-refractivity contribution in [2.45, 2.75) is 13.0 Å². The first-order valence-electron chi connectivity index (χ1n) is 6.70. The maximum atomic E-state index is 11.7. The second-order valence-corrected chi connectivity index (χ2v) is 4.79. The third kappa shape index (κ3) is 5.12. The van der Waals surface area contributed by atoms with E-state index in [9.17, 15) is 9.59 Å². The Labute approximate surface area is 130 Å². The van der Waals surface area contributed by atoms with E-state index in [1.165, 1.54) is 17.9 Å². The third-order valence-electron chi connectivity index (χ3n) is 2.87. The molecule has 0 saturated carbocycles. The van der Waals surface area contributed by atoms with E-state index in [-0.39, 0.29) is 5.91 Å². The van der Waals surface area contributed by atoms with Gasteiger partial charge in [-0.2, -0.15) is 0 Å². The standard InChI is InChI=1S/C16H21NO5/c1-11(16(19)17(2)3)22-15(18)7-6-12-8-13(20-4)10-14(9-12)21-5/h6-11H,1-5H3/b7-6+/t11-/m1/s1. The second kappa shape index (κ2) is 8.07. The summed E-state index contributed by atoms with van der Waals surface area (Å²) in [6, 6.07) is 5.23. The molecule has 120 valence electrons. The first kappa shape index (κ1) is 17.6. The van der Waals surface area contributed by atoms with Gasteiger partial charge in [0.15, 0.2) is 6.10 Å². The molecule has 1 atom stereocenters. The van der Waals surface area contributed by atoms with E-state index < -0.39 is 12.1 Å². The number of hydrogen-bond donors (Lipinski definition) is 0. The lowest BCUT2D eigenvalue weighted by atomic mass is 10.2. The highest BCUT2D eigenvalue weighted by atomic mass is 16.5. The average molecular weight is 307 g/mol. The number of ether oxygens (including phenoxy) is 3. The Bertz CT molecular complexity index is 543. The van der Waals surface area contributed by atoms with E-state index in [4.69, 9.17) is 14.2 Å². The summed E-state index contributed by atoms with van der Waals surface area (Å²) in [5, 5.41) is 0. The van der Waals surface area contributed by atoms with Gasteiger partial charge in [0, 0.05) is 26.2 Å². The van der Waals surface area contributed by atoms with Crippen molar-refractivity contribution < 1.29 is 23.8 Å². The predicted molar refractivity (Wildman–Crippen MR) is 82.8 cm³/mol. The van der Waals surface area contributed by atoms with Gasteiger partial charge in [0.2, 0.25) is 0 Å². The monoisotopic (exact) mass is 307 g/mol. The lowest BCUT2D eigenvalue weighted by Gasteiger charge is -2.16. The van der Waals surface area contributed by atoms with Gasteiger partial charge in [-0.3, -0.25) is 4.79 Å². The number of carbonyl (C=O) groups is 2. The average Bonchev–Trinajstić information content (AvgIpc) is 2.51. The summed E-state index contributed by atoms with van der Waals surface area (Å²) in [6.45, 7) is 1.53. The Hall–Kier alpha value is -2.50. The highest BCUT2D eigenvalue weighted by Gasteiger charge is 2.17. The van der Waals surface area contributed by atoms with Crippen molar-refractivity contribution in [3.63, 3.8) is 0 Å². The SMILES string of the molecule is COc1cc(/C=C/C(=O)O[C@H](C)C(=O)N(C)C)cc(OC)c1. The van der Waals surface area contributed by atoms with Gasteiger partial charge in [0.1, 0.15) is 11.5 Å². The van der Waals surface area contributed by atoms with Crippen molar-refractivity contribution >= 4 is 18.0 Å². The molecule has 0 aromatic heterocycles. The molecule has 0 saturated heterocycles. The first-order valence-corrected chi connectivity index (χ1v) is 6.70. The maximum Gasteiger partial charge on any atom is 0.331 e. The summed E-state index contributed by atoms with van der Waals surface area (Å²) in [4.78, 5) is 24.7. The maximum absolute atomic E-state index is 11.7. The zero-order valence-corrected chi connectivity index (χ0v) is 13.5. The van der Waals surface area contributed by atoms with Crippen LogP contribution in [0.5, 0.6) is 11.5 Å². The number of hydrogen-bond acceptors (Lipinski definition) is 5. The van der Waals surface area contributed by atoms with Gasteiger partial charge in [-0.25, -0.2) is 4.79 Å². The summed E-state index contributed by atoms with van der Waals surface area (Å²) < 4.78 is 15.3. The van der Waals surface area contributed by atoms with Crippen LogP contribution in [-0.2, 0) is 14.3 Å². The largest absolute Gasteiger partial charge is 0.497 e. The van der Waals surface area contributed by atoms with E-state index >= 15 is 0 Å². The van der Waals surface area contributed by atoms with Crippen molar-refractivity contribution in [3.05, 3.63) is 29.8 Å². The van der Waals surface area contributed by atoms with E-state index in [1.54, 1.807) is 52.6 Å². The third-order valence-corrected chi connectivity index (χ3v) is 2.87. The quantitative estimate of drug-likeness (QED) is 0.591. The second-order valence-electron chi connectivity index (χ2n) is 4.79. The molecule has 0 aliphatic rings. The van der Waals surface area contributed by atoms with Gasteiger partial charge < -0.3 is 19.1 Å². The molecule has 0 aliphatic heterocycles. The number of esters is 1. The Morgan fingerprint density at radius 3 is 2.09 bits per heavy atom. The Morgan fingerprint density at radius 1 is 1.09 bits per heavy atom. The van der Waals surface area contributed by atoms with Gasteiger partial charge in [-0.05, 0) is 30.7 Å². The van der Waals surface area contributed by atoms with Gasteiger partial charge in [-0.1, -0.05) is 0 Å². The van der Waals surface area contributed by atoms with E-state index in [0.717, 1.165) is 5.56 Å². The molecule has 0 unspecified atom stereocenters. The van der Waals surface area contributed by atoms with E-state index in [2.05, 4.69) is 0 Å². The predicted octanol–water partition coefficient (Wildman–Crippen LogP) is 1.74. The van der Waals surface area contributed by atoms with E-state index in [0.29, 0.717) is 11.5 Å². The van der Waals surface area contributed by atoms with Crippen molar-refractivity contribution in [1.29, 1.82) is 0 Å². The number of carbonyl (C=O) groups excluding carboxylic acids is 2. The van der Waals surface area contributed by atoms with Crippen LogP contribution in [0.3, 0.4) is 0 Å². The normalized spacial score (nSPS) is 11.9. The minimum absolute atomic E-state index is 0.273. The molecule has 0 fully saturated rings. The fraction of sp³-hybridized carbons (Fsp3) is 0.375. The molecular formula is C16H21NO5. The molecular weight excluding hydrogens is 286 g/mol. The zero-order valence-electron chi connectivity index (χ0n) is 13.5. The van der Waals surface area contributed by atoms with Crippen LogP contribution in [0.1, 0.15) is 12.5 Å². The van der Waals surface area contributed by atoms with Crippen molar-refractivity contribution in [3.8, 4) is 11.5 Å². The smallest absolute Gasteiger partial charge is 0.331 e. The molecule has 22 heavy (non-hydrogen) atoms. The van der Waals surface area contributed by atoms with Gasteiger partial charge in [0.05, 0.1) is 14.2 Å². The lowest BCUT2D eigenvalue weighted by Crippen LogP contribution is -2.34. The van der Waals surface area contributed by atoms with Crippen LogP contribution in [0.25, 0.3) is 6.08 Å². The fourth-order valence-electron chi connectivity index (χ4n) is 1.72. The molecule has 0 spiro atoms. The summed E-state index contributed by atoms with van der Waals surface area (Å²) in [7, 11) is 6.30. The van der Waals surface area contributed by atoms with Crippen LogP contribution >= 0.6 is 0 Å². The van der Waals surface area contributed by atoms with Crippen molar-refractivity contribution in [2.24, 2.45) is 0 Å². The fourth-order valence-corrected chi connectivity index (χ4v) is 1.72. The molecule has 6 heteroatoms. The molecule has 0 radical (unpaired) electrons. The highest BCUT2D eigenvalue weighted by Crippen LogP contribution is 2.23. The minimum Gasteiger partial charge on any atom is -0.497 e. The van der Waals surface area contributed by atoms with Crippen LogP contribution < -0.4 is 9.47 Å². The molecule has 0 heterocycles. The number of likely N-dealkylation sites (N-methyl/N-ethyl adjacent to an activating group) is 1. The van der Waals surface area contributed by atoms with Crippen LogP contribution in [0, 0.1) is 0 Å². The molecule has 0 N–H and O–H groups in total. The summed E-state index contributed by atoms with van der Waals surface area (Å²) in [5.41, 5.74) is 0.722. The molecule has 1 aromatic carbocycles. The lowest BCUT2D eigenvalue weighted by molar-refractivity contribution is -0.153. The van der Waals surface area contributed by atoms with Crippen LogP contribution in [-0.4, -0.2) is 51.2 Å². The summed E-state index contributed by atoms with van der Waals surface area (Å²) >= 11 is 0. The number of nitrogens with zero attached hydrogens (tertiary/aromatic N) is 1. The number of benzene rings is 1. The van der Waals surface area contributed by atoms with Crippen molar-refractivity contribution in [2.75, 3.05) is 28.3 Å². The van der Waals surface area contributed by atoms with E-state index in [1.807, 2.05) is 0 Å². The Balaban J connectivity index is 2.75. The van der Waals surface area contributed by atoms with Gasteiger partial charge >= 0.3 is 5.97 Å². The molecule has 0 bridgehead atoms. The number of amides is 1. The highest BCUT2D eigenvalue weighted by molar-refractivity contribution is 5.90. The Kier molecular flexibility index (Phi) is 6.44. The molecule has 1 aromatic rings. The number of methoxy groups -OCH3 is 2. The van der Waals surface area contributed by atoms with Crippen LogP contribution in [0.2, 0.25) is 0 Å². The Morgan fingerprint density at radius 2 is 1.64 bits per heavy atom. The number of rotatable bonds is 6. The summed E-state index contributed by atoms with van der Waals surface area (Å²) in [6.07, 6.45) is 2.00. The molecule has 1 amide bonds. The molecule has 6 nitrogen and oxygen atoms in total. The zero-order chi connectivity index (χ0) is 16.7. The minimum atomic E-state index is -0.827.